The van der Waals surface area contributed by atoms with Crippen LogP contribution in [0.1, 0.15) is 11.3 Å². The Hall–Kier alpha value is -1.34. The molecule has 96 valence electrons. The van der Waals surface area contributed by atoms with E-state index in [4.69, 9.17) is 0 Å². The van der Waals surface area contributed by atoms with E-state index < -0.39 is 11.9 Å². The molecule has 2 rings (SSSR count). The summed E-state index contributed by atoms with van der Waals surface area (Å²) in [6.07, 6.45) is -3.68. The number of aromatic nitrogens is 2. The SMILES string of the molecule is OCc1cc(Br)ccc1-c1nc(C(F)(F)F)c[nH]1. The summed E-state index contributed by atoms with van der Waals surface area (Å²) < 4.78 is 38.0. The highest BCUT2D eigenvalue weighted by molar-refractivity contribution is 9.10. The maximum Gasteiger partial charge on any atom is 0.434 e. The first-order chi connectivity index (χ1) is 8.41. The van der Waals surface area contributed by atoms with Gasteiger partial charge in [0.25, 0.3) is 0 Å². The van der Waals surface area contributed by atoms with Crippen LogP contribution in [-0.4, -0.2) is 15.1 Å². The van der Waals surface area contributed by atoms with Crippen molar-refractivity contribution in [2.24, 2.45) is 0 Å². The van der Waals surface area contributed by atoms with Crippen molar-refractivity contribution in [2.75, 3.05) is 0 Å². The lowest BCUT2D eigenvalue weighted by Gasteiger charge is -2.05. The van der Waals surface area contributed by atoms with E-state index in [2.05, 4.69) is 25.9 Å². The molecule has 2 N–H and O–H groups in total. The normalized spacial score (nSPS) is 11.8. The number of H-pyrrole nitrogens is 1. The molecule has 0 atom stereocenters. The largest absolute Gasteiger partial charge is 0.434 e. The standard InChI is InChI=1S/C11H8BrF3N2O/c12-7-1-2-8(6(3-7)5-18)10-16-4-9(17-10)11(13,14)15/h1-4,18H,5H2,(H,16,17). The number of halogens is 4. The van der Waals surface area contributed by atoms with Gasteiger partial charge in [0.2, 0.25) is 0 Å². The Morgan fingerprint density at radius 1 is 1.33 bits per heavy atom. The van der Waals surface area contributed by atoms with Crippen LogP contribution >= 0.6 is 15.9 Å². The molecule has 0 fully saturated rings. The van der Waals surface area contributed by atoms with Gasteiger partial charge >= 0.3 is 6.18 Å². The number of nitrogens with one attached hydrogen (secondary N) is 1. The molecule has 1 aromatic heterocycles. The molecule has 1 aromatic carbocycles. The van der Waals surface area contributed by atoms with Gasteiger partial charge in [0.15, 0.2) is 5.69 Å². The third kappa shape index (κ3) is 2.56. The van der Waals surface area contributed by atoms with Crippen LogP contribution in [0.5, 0.6) is 0 Å². The minimum absolute atomic E-state index is 0.0823. The summed E-state index contributed by atoms with van der Waals surface area (Å²) >= 11 is 3.22. The summed E-state index contributed by atoms with van der Waals surface area (Å²) in [4.78, 5) is 5.95. The molecule has 7 heteroatoms. The summed E-state index contributed by atoms with van der Waals surface area (Å²) in [5.74, 6) is 0.0823. The average Bonchev–Trinajstić information content (AvgIpc) is 2.77. The van der Waals surface area contributed by atoms with E-state index in [0.29, 0.717) is 11.1 Å². The predicted octanol–water partition coefficient (Wildman–Crippen LogP) is 3.35. The van der Waals surface area contributed by atoms with Crippen LogP contribution in [0.2, 0.25) is 0 Å². The summed E-state index contributed by atoms with van der Waals surface area (Å²) in [5, 5.41) is 9.19. The molecule has 0 radical (unpaired) electrons. The first-order valence-electron chi connectivity index (χ1n) is 4.94. The molecule has 0 amide bonds. The van der Waals surface area contributed by atoms with Crippen LogP contribution in [0.4, 0.5) is 13.2 Å². The van der Waals surface area contributed by atoms with Crippen molar-refractivity contribution in [1.29, 1.82) is 0 Å². The number of imidazole rings is 1. The minimum atomic E-state index is -4.48. The second-order valence-corrected chi connectivity index (χ2v) is 4.51. The maximum absolute atomic E-state index is 12.4. The van der Waals surface area contributed by atoms with Gasteiger partial charge in [-0.2, -0.15) is 13.2 Å². The first-order valence-corrected chi connectivity index (χ1v) is 5.73. The minimum Gasteiger partial charge on any atom is -0.392 e. The molecule has 0 unspecified atom stereocenters. The van der Waals surface area contributed by atoms with Gasteiger partial charge in [-0.3, -0.25) is 0 Å². The molecule has 3 nitrogen and oxygen atoms in total. The van der Waals surface area contributed by atoms with Crippen molar-refractivity contribution in [1.82, 2.24) is 9.97 Å². The van der Waals surface area contributed by atoms with Crippen LogP contribution in [0, 0.1) is 0 Å². The van der Waals surface area contributed by atoms with Gasteiger partial charge in [-0.1, -0.05) is 15.9 Å². The highest BCUT2D eigenvalue weighted by Gasteiger charge is 2.33. The Morgan fingerprint density at radius 2 is 2.06 bits per heavy atom. The van der Waals surface area contributed by atoms with Crippen molar-refractivity contribution in [2.45, 2.75) is 12.8 Å². The average molecular weight is 321 g/mol. The molecular formula is C11H8BrF3N2O. The van der Waals surface area contributed by atoms with E-state index in [0.717, 1.165) is 10.7 Å². The Bertz CT molecular complexity index is 566. The molecule has 0 saturated carbocycles. The fourth-order valence-electron chi connectivity index (χ4n) is 1.53. The van der Waals surface area contributed by atoms with Crippen LogP contribution in [0.3, 0.4) is 0 Å². The number of nitrogens with zero attached hydrogens (tertiary/aromatic N) is 1. The molecule has 0 aliphatic carbocycles. The van der Waals surface area contributed by atoms with Crippen molar-refractivity contribution < 1.29 is 18.3 Å². The fourth-order valence-corrected chi connectivity index (χ4v) is 1.94. The Morgan fingerprint density at radius 3 is 2.61 bits per heavy atom. The third-order valence-corrected chi connectivity index (χ3v) is 2.85. The second kappa shape index (κ2) is 4.74. The lowest BCUT2D eigenvalue weighted by molar-refractivity contribution is -0.140. The van der Waals surface area contributed by atoms with Gasteiger partial charge in [-0.05, 0) is 23.8 Å². The number of alkyl halides is 3. The smallest absolute Gasteiger partial charge is 0.392 e. The van der Waals surface area contributed by atoms with Gasteiger partial charge in [-0.25, -0.2) is 4.98 Å². The molecule has 0 aliphatic rings. The Labute approximate surface area is 109 Å². The summed E-state index contributed by atoms with van der Waals surface area (Å²) in [6, 6.07) is 4.89. The van der Waals surface area contributed by atoms with E-state index in [1.807, 2.05) is 0 Å². The number of aromatic amines is 1. The van der Waals surface area contributed by atoms with E-state index in [-0.39, 0.29) is 12.4 Å². The highest BCUT2D eigenvalue weighted by Crippen LogP contribution is 2.31. The molecule has 0 spiro atoms. The Kier molecular flexibility index (Phi) is 3.45. The number of rotatable bonds is 2. The van der Waals surface area contributed by atoms with Gasteiger partial charge in [0, 0.05) is 16.2 Å². The van der Waals surface area contributed by atoms with Gasteiger partial charge in [0.05, 0.1) is 6.61 Å². The number of aliphatic hydroxyl groups is 1. The highest BCUT2D eigenvalue weighted by atomic mass is 79.9. The van der Waals surface area contributed by atoms with E-state index in [1.54, 1.807) is 18.2 Å². The maximum atomic E-state index is 12.4. The number of hydrogen-bond acceptors (Lipinski definition) is 2. The van der Waals surface area contributed by atoms with Crippen LogP contribution in [0.25, 0.3) is 11.4 Å². The lowest BCUT2D eigenvalue weighted by atomic mass is 10.1. The van der Waals surface area contributed by atoms with Crippen LogP contribution in [-0.2, 0) is 12.8 Å². The third-order valence-electron chi connectivity index (χ3n) is 2.36. The van der Waals surface area contributed by atoms with E-state index in [9.17, 15) is 18.3 Å². The second-order valence-electron chi connectivity index (χ2n) is 3.59. The van der Waals surface area contributed by atoms with Gasteiger partial charge in [0.1, 0.15) is 5.82 Å². The van der Waals surface area contributed by atoms with Crippen molar-refractivity contribution in [3.63, 3.8) is 0 Å². The predicted molar refractivity (Wildman–Crippen MR) is 62.6 cm³/mol. The molecule has 18 heavy (non-hydrogen) atoms. The van der Waals surface area contributed by atoms with Crippen molar-refractivity contribution >= 4 is 15.9 Å². The molecule has 0 saturated heterocycles. The van der Waals surface area contributed by atoms with Crippen LogP contribution < -0.4 is 0 Å². The monoisotopic (exact) mass is 320 g/mol. The lowest BCUT2D eigenvalue weighted by Crippen LogP contribution is -2.05. The summed E-state index contributed by atoms with van der Waals surface area (Å²) in [7, 11) is 0. The quantitative estimate of drug-likeness (QED) is 0.891. The van der Waals surface area contributed by atoms with E-state index >= 15 is 0 Å². The Balaban J connectivity index is 2.46. The zero-order chi connectivity index (χ0) is 13.3. The van der Waals surface area contributed by atoms with Crippen molar-refractivity contribution in [3.8, 4) is 11.4 Å². The molecule has 0 bridgehead atoms. The fraction of sp³-hybridized carbons (Fsp3) is 0.182. The molecule has 0 aliphatic heterocycles. The molecule has 1 heterocycles. The number of benzene rings is 1. The molecule has 2 aromatic rings. The van der Waals surface area contributed by atoms with E-state index in [1.165, 1.54) is 0 Å². The summed E-state index contributed by atoms with van der Waals surface area (Å²) in [6.45, 7) is -0.281. The van der Waals surface area contributed by atoms with Gasteiger partial charge < -0.3 is 10.1 Å². The van der Waals surface area contributed by atoms with Crippen LogP contribution in [0.15, 0.2) is 28.9 Å². The first kappa shape index (κ1) is 13.1. The topological polar surface area (TPSA) is 48.9 Å². The van der Waals surface area contributed by atoms with Crippen molar-refractivity contribution in [3.05, 3.63) is 40.1 Å². The number of hydrogen-bond donors (Lipinski definition) is 2. The molecular weight excluding hydrogens is 313 g/mol. The zero-order valence-electron chi connectivity index (χ0n) is 8.92. The number of aliphatic hydroxyl groups excluding tert-OH is 1. The zero-order valence-corrected chi connectivity index (χ0v) is 10.5. The van der Waals surface area contributed by atoms with Gasteiger partial charge in [-0.15, -0.1) is 0 Å². The summed E-state index contributed by atoms with van der Waals surface area (Å²) in [5.41, 5.74) is -0.0482.